The Bertz CT molecular complexity index is 3360. The highest BCUT2D eigenvalue weighted by molar-refractivity contribution is 7.26. The van der Waals surface area contributed by atoms with Crippen LogP contribution in [0.25, 0.3) is 64.7 Å². The van der Waals surface area contributed by atoms with Gasteiger partial charge in [0, 0.05) is 37.2 Å². The van der Waals surface area contributed by atoms with Gasteiger partial charge in [0.05, 0.1) is 5.41 Å². The van der Waals surface area contributed by atoms with Crippen LogP contribution in [0.3, 0.4) is 0 Å². The second-order valence-corrected chi connectivity index (χ2v) is 17.5. The van der Waals surface area contributed by atoms with Gasteiger partial charge in [-0.15, -0.1) is 11.3 Å². The fraction of sp³-hybridized carbons (Fsp3) is 0.0164. The minimum absolute atomic E-state index is 0.492. The molecule has 0 fully saturated rings. The third kappa shape index (κ3) is 6.06. The van der Waals surface area contributed by atoms with E-state index >= 15 is 0 Å². The smallest absolute Gasteiger partial charge is 0.0714 e. The first-order valence-corrected chi connectivity index (χ1v) is 22.5. The second kappa shape index (κ2) is 15.3. The lowest BCUT2D eigenvalue weighted by atomic mass is 9.67. The second-order valence-electron chi connectivity index (χ2n) is 16.4. The van der Waals surface area contributed by atoms with Crippen LogP contribution in [0.1, 0.15) is 22.3 Å². The summed E-state index contributed by atoms with van der Waals surface area (Å²) in [4.78, 5) is 2.39. The Morgan fingerprint density at radius 2 is 0.778 bits per heavy atom. The van der Waals surface area contributed by atoms with Crippen LogP contribution in [0.15, 0.2) is 249 Å². The van der Waals surface area contributed by atoms with Crippen LogP contribution in [0.2, 0.25) is 0 Å². The molecular weight excluding hydrogens is 779 g/mol. The summed E-state index contributed by atoms with van der Waals surface area (Å²) in [5.41, 5.74) is 18.0. The van der Waals surface area contributed by atoms with Crippen LogP contribution in [-0.2, 0) is 5.41 Å². The minimum atomic E-state index is -0.492. The number of nitrogens with zero attached hydrogens (tertiary/aromatic N) is 1. The average Bonchev–Trinajstić information content (AvgIpc) is 3.88. The maximum absolute atomic E-state index is 2.53. The molecular formula is C61H41NS. The highest BCUT2D eigenvalue weighted by Gasteiger charge is 2.47. The third-order valence-electron chi connectivity index (χ3n) is 12.9. The molecule has 0 atom stereocenters. The molecule has 0 saturated heterocycles. The van der Waals surface area contributed by atoms with Gasteiger partial charge in [-0.3, -0.25) is 0 Å². The quantitative estimate of drug-likeness (QED) is 0.148. The van der Waals surface area contributed by atoms with Crippen molar-refractivity contribution in [1.82, 2.24) is 0 Å². The van der Waals surface area contributed by atoms with Gasteiger partial charge < -0.3 is 4.90 Å². The summed E-state index contributed by atoms with van der Waals surface area (Å²) in [5.74, 6) is 0. The molecule has 63 heavy (non-hydrogen) atoms. The van der Waals surface area contributed by atoms with Crippen molar-refractivity contribution < 1.29 is 0 Å². The van der Waals surface area contributed by atoms with E-state index in [1.165, 1.54) is 86.9 Å². The first-order valence-electron chi connectivity index (χ1n) is 21.7. The zero-order valence-corrected chi connectivity index (χ0v) is 35.3. The maximum atomic E-state index is 2.53. The molecule has 0 unspecified atom stereocenters. The fourth-order valence-corrected chi connectivity index (χ4v) is 11.3. The summed E-state index contributed by atoms with van der Waals surface area (Å²) in [6.45, 7) is 0. The van der Waals surface area contributed by atoms with Crippen molar-refractivity contribution >= 4 is 48.6 Å². The van der Waals surface area contributed by atoms with Crippen molar-refractivity contribution in [1.29, 1.82) is 0 Å². The van der Waals surface area contributed by atoms with E-state index in [-0.39, 0.29) is 0 Å². The highest BCUT2D eigenvalue weighted by Crippen LogP contribution is 2.61. The molecule has 0 radical (unpaired) electrons. The van der Waals surface area contributed by atoms with Gasteiger partial charge in [0.2, 0.25) is 0 Å². The lowest BCUT2D eigenvalue weighted by Gasteiger charge is -2.34. The van der Waals surface area contributed by atoms with Gasteiger partial charge in [-0.2, -0.15) is 0 Å². The molecule has 11 aromatic rings. The molecule has 0 spiro atoms. The van der Waals surface area contributed by atoms with Crippen molar-refractivity contribution in [3.05, 3.63) is 271 Å². The standard InChI is InChI=1S/C61H41NS/c1-6-18-42(19-7-1)43-30-32-44(33-31-43)45-34-36-50(37-35-45)62(49-26-14-5-15-27-49)51-38-39-56-53(40-51)60-57(63-56)41-55-59(58(60)46-20-8-2-9-21-46)52-28-16-17-29-54(52)61(55,47-22-10-3-11-23-47)48-24-12-4-13-25-48/h1-41H. The zero-order chi connectivity index (χ0) is 41.7. The molecule has 2 heteroatoms. The van der Waals surface area contributed by atoms with Crippen molar-refractivity contribution in [3.63, 3.8) is 0 Å². The molecule has 0 bridgehead atoms. The predicted molar refractivity (Wildman–Crippen MR) is 268 cm³/mol. The van der Waals surface area contributed by atoms with Crippen LogP contribution in [0, 0.1) is 0 Å². The molecule has 1 aliphatic carbocycles. The Morgan fingerprint density at radius 1 is 0.317 bits per heavy atom. The molecule has 1 nitrogen and oxygen atoms in total. The Balaban J connectivity index is 1.06. The van der Waals surface area contributed by atoms with E-state index < -0.39 is 5.41 Å². The van der Waals surface area contributed by atoms with E-state index in [1.54, 1.807) is 0 Å². The minimum Gasteiger partial charge on any atom is -0.310 e. The summed E-state index contributed by atoms with van der Waals surface area (Å²) in [7, 11) is 0. The van der Waals surface area contributed by atoms with Gasteiger partial charge in [-0.05, 0) is 115 Å². The molecule has 1 aromatic heterocycles. The molecule has 296 valence electrons. The number of fused-ring (bicyclic) bond motifs is 6. The van der Waals surface area contributed by atoms with Crippen LogP contribution in [-0.4, -0.2) is 0 Å². The Kier molecular flexibility index (Phi) is 8.98. The number of rotatable bonds is 8. The summed E-state index contributed by atoms with van der Waals surface area (Å²) >= 11 is 1.90. The maximum Gasteiger partial charge on any atom is 0.0714 e. The van der Waals surface area contributed by atoms with E-state index in [0.717, 1.165) is 17.1 Å². The van der Waals surface area contributed by atoms with E-state index in [9.17, 15) is 0 Å². The summed E-state index contributed by atoms with van der Waals surface area (Å²) in [6, 6.07) is 91.3. The van der Waals surface area contributed by atoms with Crippen LogP contribution >= 0.6 is 11.3 Å². The Labute approximate surface area is 372 Å². The van der Waals surface area contributed by atoms with Crippen LogP contribution < -0.4 is 4.90 Å². The van der Waals surface area contributed by atoms with Gasteiger partial charge >= 0.3 is 0 Å². The number of thiophene rings is 1. The predicted octanol–water partition coefficient (Wildman–Crippen LogP) is 16.9. The lowest BCUT2D eigenvalue weighted by Crippen LogP contribution is -2.28. The van der Waals surface area contributed by atoms with E-state index in [4.69, 9.17) is 0 Å². The summed E-state index contributed by atoms with van der Waals surface area (Å²) in [5, 5.41) is 2.57. The number of anilines is 3. The van der Waals surface area contributed by atoms with Crippen molar-refractivity contribution in [3.8, 4) is 44.5 Å². The SMILES string of the molecule is c1ccc(-c2ccc(-c3ccc(N(c4ccccc4)c4ccc5sc6cc7c(c(-c8ccccc8)c6c5c4)-c4ccccc4C7(c4ccccc4)c4ccccc4)cc3)cc2)cc1. The first kappa shape index (κ1) is 37.0. The largest absolute Gasteiger partial charge is 0.310 e. The van der Waals surface area contributed by atoms with Crippen molar-refractivity contribution in [2.75, 3.05) is 4.90 Å². The van der Waals surface area contributed by atoms with Gasteiger partial charge in [0.15, 0.2) is 0 Å². The van der Waals surface area contributed by atoms with E-state index in [2.05, 4.69) is 254 Å². The van der Waals surface area contributed by atoms with Gasteiger partial charge in [0.25, 0.3) is 0 Å². The van der Waals surface area contributed by atoms with Crippen LogP contribution in [0.5, 0.6) is 0 Å². The molecule has 0 amide bonds. The monoisotopic (exact) mass is 819 g/mol. The van der Waals surface area contributed by atoms with E-state index in [1.807, 2.05) is 11.3 Å². The zero-order valence-electron chi connectivity index (χ0n) is 34.5. The topological polar surface area (TPSA) is 3.24 Å². The molecule has 0 saturated carbocycles. The van der Waals surface area contributed by atoms with Crippen molar-refractivity contribution in [2.24, 2.45) is 0 Å². The summed E-state index contributed by atoms with van der Waals surface area (Å²) in [6.07, 6.45) is 0. The molecule has 1 aliphatic rings. The fourth-order valence-electron chi connectivity index (χ4n) is 10.2. The number of hydrogen-bond donors (Lipinski definition) is 0. The average molecular weight is 820 g/mol. The van der Waals surface area contributed by atoms with Gasteiger partial charge in [0.1, 0.15) is 0 Å². The molecule has 1 heterocycles. The number of para-hydroxylation sites is 1. The third-order valence-corrected chi connectivity index (χ3v) is 14.1. The molecule has 10 aromatic carbocycles. The van der Waals surface area contributed by atoms with Gasteiger partial charge in [-0.25, -0.2) is 0 Å². The highest BCUT2D eigenvalue weighted by atomic mass is 32.1. The summed E-state index contributed by atoms with van der Waals surface area (Å²) < 4.78 is 2.56. The van der Waals surface area contributed by atoms with Crippen LogP contribution in [0.4, 0.5) is 17.1 Å². The Hall–Kier alpha value is -7.78. The molecule has 12 rings (SSSR count). The Morgan fingerprint density at radius 3 is 1.38 bits per heavy atom. The van der Waals surface area contributed by atoms with Gasteiger partial charge in [-0.1, -0.05) is 200 Å². The van der Waals surface area contributed by atoms with E-state index in [0.29, 0.717) is 0 Å². The lowest BCUT2D eigenvalue weighted by molar-refractivity contribution is 0.770. The molecule has 0 N–H and O–H groups in total. The normalized spacial score (nSPS) is 12.6. The van der Waals surface area contributed by atoms with Crippen molar-refractivity contribution in [2.45, 2.75) is 5.41 Å². The molecule has 0 aliphatic heterocycles. The number of benzene rings is 10. The first-order chi connectivity index (χ1) is 31.3. The number of hydrogen-bond acceptors (Lipinski definition) is 2.